The molecular weight excluding hydrogens is 398 g/mol. The van der Waals surface area contributed by atoms with E-state index in [1.807, 2.05) is 72.8 Å². The number of para-hydroxylation sites is 1. The Morgan fingerprint density at radius 3 is 2.30 bits per heavy atom. The predicted octanol–water partition coefficient (Wildman–Crippen LogP) is 4.82. The quantitative estimate of drug-likeness (QED) is 0.575. The van der Waals surface area contributed by atoms with Crippen LogP contribution < -0.4 is 9.80 Å². The lowest BCUT2D eigenvalue weighted by Gasteiger charge is -2.26. The molecule has 0 saturated carbocycles. The number of urea groups is 1. The van der Waals surface area contributed by atoms with Gasteiger partial charge in [0.05, 0.1) is 6.54 Å². The second kappa shape index (κ2) is 9.01. The van der Waals surface area contributed by atoms with E-state index in [1.165, 1.54) is 0 Å². The third-order valence-corrected chi connectivity index (χ3v) is 5.33. The summed E-state index contributed by atoms with van der Waals surface area (Å²) in [7, 11) is 0. The van der Waals surface area contributed by atoms with Crippen molar-refractivity contribution in [2.45, 2.75) is 6.54 Å². The number of anilines is 2. The summed E-state index contributed by atoms with van der Waals surface area (Å²) in [4.78, 5) is 31.1. The molecule has 0 aromatic heterocycles. The largest absolute Gasteiger partial charge is 0.325 e. The SMILES string of the molecule is O=C(CN1CCN(c2cccc(Cl)c2)C1=O)N(Cc1ccccc1)c1ccccc1. The van der Waals surface area contributed by atoms with Gasteiger partial charge in [0.2, 0.25) is 5.91 Å². The molecule has 0 radical (unpaired) electrons. The van der Waals surface area contributed by atoms with Crippen LogP contribution in [0.4, 0.5) is 16.2 Å². The fourth-order valence-corrected chi connectivity index (χ4v) is 3.74. The van der Waals surface area contributed by atoms with Gasteiger partial charge in [-0.2, -0.15) is 0 Å². The minimum absolute atomic E-state index is 0.0254. The molecule has 30 heavy (non-hydrogen) atoms. The van der Waals surface area contributed by atoms with Crippen LogP contribution in [0.2, 0.25) is 5.02 Å². The van der Waals surface area contributed by atoms with Crippen molar-refractivity contribution in [1.82, 2.24) is 4.90 Å². The lowest BCUT2D eigenvalue weighted by molar-refractivity contribution is -0.119. The van der Waals surface area contributed by atoms with Gasteiger partial charge in [-0.15, -0.1) is 0 Å². The number of rotatable bonds is 6. The van der Waals surface area contributed by atoms with Crippen molar-refractivity contribution in [2.24, 2.45) is 0 Å². The second-order valence-electron chi connectivity index (χ2n) is 7.14. The Hall–Kier alpha value is -3.31. The van der Waals surface area contributed by atoms with Crippen molar-refractivity contribution in [3.63, 3.8) is 0 Å². The van der Waals surface area contributed by atoms with Crippen molar-refractivity contribution >= 4 is 34.9 Å². The van der Waals surface area contributed by atoms with Crippen molar-refractivity contribution in [1.29, 1.82) is 0 Å². The second-order valence-corrected chi connectivity index (χ2v) is 7.57. The molecule has 6 heteroatoms. The summed E-state index contributed by atoms with van der Waals surface area (Å²) >= 11 is 6.07. The summed E-state index contributed by atoms with van der Waals surface area (Å²) in [5, 5.41) is 0.577. The molecule has 0 bridgehead atoms. The van der Waals surface area contributed by atoms with Crippen LogP contribution in [-0.4, -0.2) is 36.5 Å². The zero-order chi connectivity index (χ0) is 20.9. The molecule has 1 fully saturated rings. The van der Waals surface area contributed by atoms with Gasteiger partial charge >= 0.3 is 6.03 Å². The number of halogens is 1. The normalized spacial score (nSPS) is 13.6. The standard InChI is InChI=1S/C24H22ClN3O2/c25-20-10-7-13-22(16-20)27-15-14-26(24(27)30)18-23(29)28(21-11-5-2-6-12-21)17-19-8-3-1-4-9-19/h1-13,16H,14-15,17-18H2. The van der Waals surface area contributed by atoms with E-state index in [-0.39, 0.29) is 18.5 Å². The Morgan fingerprint density at radius 1 is 0.900 bits per heavy atom. The molecule has 0 atom stereocenters. The maximum absolute atomic E-state index is 13.2. The summed E-state index contributed by atoms with van der Waals surface area (Å²) in [5.41, 5.74) is 2.58. The van der Waals surface area contributed by atoms with Gasteiger partial charge in [-0.1, -0.05) is 66.2 Å². The van der Waals surface area contributed by atoms with Gasteiger partial charge in [-0.3, -0.25) is 9.69 Å². The Kier molecular flexibility index (Phi) is 6.00. The first-order chi connectivity index (χ1) is 14.6. The minimum atomic E-state index is -0.182. The number of benzene rings is 3. The monoisotopic (exact) mass is 419 g/mol. The molecule has 3 aromatic carbocycles. The van der Waals surface area contributed by atoms with Gasteiger partial charge in [0.1, 0.15) is 6.54 Å². The van der Waals surface area contributed by atoms with Crippen molar-refractivity contribution < 1.29 is 9.59 Å². The Bertz CT molecular complexity index is 1030. The first kappa shape index (κ1) is 20.0. The fourth-order valence-electron chi connectivity index (χ4n) is 3.56. The maximum atomic E-state index is 13.2. The van der Waals surface area contributed by atoms with E-state index < -0.39 is 0 Å². The molecule has 0 unspecified atom stereocenters. The molecule has 1 saturated heterocycles. The van der Waals surface area contributed by atoms with Gasteiger partial charge in [0.15, 0.2) is 0 Å². The zero-order valence-electron chi connectivity index (χ0n) is 16.4. The molecule has 1 aliphatic rings. The Morgan fingerprint density at radius 2 is 1.60 bits per heavy atom. The number of hydrogen-bond acceptors (Lipinski definition) is 2. The molecule has 0 aliphatic carbocycles. The van der Waals surface area contributed by atoms with Crippen LogP contribution in [0, 0.1) is 0 Å². The van der Waals surface area contributed by atoms with Crippen molar-refractivity contribution in [3.05, 3.63) is 95.5 Å². The van der Waals surface area contributed by atoms with E-state index in [0.717, 1.165) is 16.9 Å². The van der Waals surface area contributed by atoms with Gasteiger partial charge < -0.3 is 9.80 Å². The molecule has 3 aromatic rings. The number of carbonyl (C=O) groups is 2. The highest BCUT2D eigenvalue weighted by atomic mass is 35.5. The van der Waals surface area contributed by atoms with E-state index in [4.69, 9.17) is 11.6 Å². The van der Waals surface area contributed by atoms with Crippen LogP contribution in [0.5, 0.6) is 0 Å². The average molecular weight is 420 g/mol. The first-order valence-corrected chi connectivity index (χ1v) is 10.2. The van der Waals surface area contributed by atoms with Crippen LogP contribution in [0.25, 0.3) is 0 Å². The van der Waals surface area contributed by atoms with Crippen LogP contribution in [0.3, 0.4) is 0 Å². The molecule has 0 N–H and O–H groups in total. The third kappa shape index (κ3) is 4.47. The van der Waals surface area contributed by atoms with Crippen LogP contribution in [0.1, 0.15) is 5.56 Å². The van der Waals surface area contributed by atoms with E-state index in [2.05, 4.69) is 0 Å². The lowest BCUT2D eigenvalue weighted by Crippen LogP contribution is -2.42. The van der Waals surface area contributed by atoms with E-state index in [1.54, 1.807) is 26.8 Å². The molecule has 5 nitrogen and oxygen atoms in total. The summed E-state index contributed by atoms with van der Waals surface area (Å²) in [6.07, 6.45) is 0. The number of amides is 3. The van der Waals surface area contributed by atoms with Crippen LogP contribution in [0.15, 0.2) is 84.9 Å². The predicted molar refractivity (Wildman–Crippen MR) is 120 cm³/mol. The van der Waals surface area contributed by atoms with Gasteiger partial charge in [-0.05, 0) is 35.9 Å². The smallest absolute Gasteiger partial charge is 0.313 e. The summed E-state index contributed by atoms with van der Waals surface area (Å²) in [6, 6.07) is 26.4. The molecular formula is C24H22ClN3O2. The topological polar surface area (TPSA) is 43.9 Å². The maximum Gasteiger partial charge on any atom is 0.325 e. The summed E-state index contributed by atoms with van der Waals surface area (Å²) in [6.45, 7) is 1.49. The van der Waals surface area contributed by atoms with Gasteiger partial charge in [-0.25, -0.2) is 4.79 Å². The molecule has 1 aliphatic heterocycles. The van der Waals surface area contributed by atoms with Crippen LogP contribution >= 0.6 is 11.6 Å². The highest BCUT2D eigenvalue weighted by Gasteiger charge is 2.32. The Balaban J connectivity index is 1.50. The molecule has 152 valence electrons. The first-order valence-electron chi connectivity index (χ1n) is 9.83. The summed E-state index contributed by atoms with van der Waals surface area (Å²) < 4.78 is 0. The highest BCUT2D eigenvalue weighted by molar-refractivity contribution is 6.30. The zero-order valence-corrected chi connectivity index (χ0v) is 17.2. The van der Waals surface area contributed by atoms with E-state index in [9.17, 15) is 9.59 Å². The fraction of sp³-hybridized carbons (Fsp3) is 0.167. The average Bonchev–Trinajstić information content (AvgIpc) is 3.13. The number of carbonyl (C=O) groups excluding carboxylic acids is 2. The van der Waals surface area contributed by atoms with E-state index >= 15 is 0 Å². The molecule has 1 heterocycles. The molecule has 0 spiro atoms. The van der Waals surface area contributed by atoms with Gasteiger partial charge in [0.25, 0.3) is 0 Å². The highest BCUT2D eigenvalue weighted by Crippen LogP contribution is 2.24. The van der Waals surface area contributed by atoms with E-state index in [0.29, 0.717) is 24.7 Å². The number of hydrogen-bond donors (Lipinski definition) is 0. The Labute approximate surface area is 181 Å². The molecule has 4 rings (SSSR count). The molecule has 3 amide bonds. The third-order valence-electron chi connectivity index (χ3n) is 5.09. The minimum Gasteiger partial charge on any atom is -0.313 e. The van der Waals surface area contributed by atoms with Crippen molar-refractivity contribution in [2.75, 3.05) is 29.4 Å². The van der Waals surface area contributed by atoms with Crippen LogP contribution in [-0.2, 0) is 11.3 Å². The summed E-state index contributed by atoms with van der Waals surface area (Å²) in [5.74, 6) is -0.119. The van der Waals surface area contributed by atoms with Gasteiger partial charge in [0, 0.05) is 29.5 Å². The van der Waals surface area contributed by atoms with Crippen molar-refractivity contribution in [3.8, 4) is 0 Å². The number of nitrogens with zero attached hydrogens (tertiary/aromatic N) is 3. The lowest BCUT2D eigenvalue weighted by atomic mass is 10.2.